The first-order valence-corrected chi connectivity index (χ1v) is 3.72. The summed E-state index contributed by atoms with van der Waals surface area (Å²) >= 11 is 0. The van der Waals surface area contributed by atoms with Crippen LogP contribution in [0.25, 0.3) is 0 Å². The maximum absolute atomic E-state index is 8.70. The van der Waals surface area contributed by atoms with Crippen LogP contribution in [0.2, 0.25) is 0 Å². The molecule has 0 aromatic heterocycles. The maximum Gasteiger partial charge on any atom is 0.220 e. The molecule has 0 spiro atoms. The summed E-state index contributed by atoms with van der Waals surface area (Å²) in [7, 11) is 0. The molecule has 0 aromatic rings. The van der Waals surface area contributed by atoms with Crippen LogP contribution in [0, 0.1) is 22.8 Å². The van der Waals surface area contributed by atoms with Crippen LogP contribution >= 0.6 is 0 Å². The van der Waals surface area contributed by atoms with Gasteiger partial charge in [0.1, 0.15) is 12.4 Å². The molecule has 0 amide bonds. The second-order valence-corrected chi connectivity index (χ2v) is 2.40. The monoisotopic (exact) mass is 163 g/mol. The number of hydrogen-bond acceptors (Lipinski definition) is 5. The molecular formula is C7H9N5. The van der Waals surface area contributed by atoms with Crippen molar-refractivity contribution in [3.8, 4) is 12.3 Å². The standard InChI is InChI=1S/C7H9N5/c1-2-3-12-7(4-8)11(5-9)6-10-12/h6-7H,2-3H2,1H3. The molecule has 0 saturated carbocycles. The number of rotatable bonds is 2. The molecule has 1 rings (SSSR count). The largest absolute Gasteiger partial charge is 0.259 e. The van der Waals surface area contributed by atoms with E-state index in [4.69, 9.17) is 10.5 Å². The van der Waals surface area contributed by atoms with Gasteiger partial charge in [0, 0.05) is 6.54 Å². The molecule has 0 saturated heterocycles. The zero-order valence-electron chi connectivity index (χ0n) is 6.80. The lowest BCUT2D eigenvalue weighted by molar-refractivity contribution is 0.209. The molecule has 0 N–H and O–H groups in total. The SMILES string of the molecule is CCCN1N=CN(C#N)C1C#N. The lowest BCUT2D eigenvalue weighted by atomic mass is 10.4. The van der Waals surface area contributed by atoms with Gasteiger partial charge in [0.25, 0.3) is 0 Å². The van der Waals surface area contributed by atoms with Crippen molar-refractivity contribution in [1.82, 2.24) is 9.91 Å². The Morgan fingerprint density at radius 3 is 2.83 bits per heavy atom. The van der Waals surface area contributed by atoms with E-state index in [1.54, 1.807) is 5.01 Å². The van der Waals surface area contributed by atoms with Crippen molar-refractivity contribution < 1.29 is 0 Å². The summed E-state index contributed by atoms with van der Waals surface area (Å²) in [4.78, 5) is 1.23. The highest BCUT2D eigenvalue weighted by atomic mass is 15.6. The lowest BCUT2D eigenvalue weighted by Gasteiger charge is -2.18. The number of hydrogen-bond donors (Lipinski definition) is 0. The fraction of sp³-hybridized carbons (Fsp3) is 0.571. The van der Waals surface area contributed by atoms with Crippen LogP contribution in [0.1, 0.15) is 13.3 Å². The van der Waals surface area contributed by atoms with Gasteiger partial charge in [-0.05, 0) is 6.42 Å². The van der Waals surface area contributed by atoms with Gasteiger partial charge in [0.15, 0.2) is 6.19 Å². The number of nitriles is 2. The van der Waals surface area contributed by atoms with Crippen molar-refractivity contribution in [3.63, 3.8) is 0 Å². The summed E-state index contributed by atoms with van der Waals surface area (Å²) < 4.78 is 0. The molecule has 5 heteroatoms. The van der Waals surface area contributed by atoms with Gasteiger partial charge >= 0.3 is 0 Å². The Bertz CT molecular complexity index is 258. The van der Waals surface area contributed by atoms with Crippen molar-refractivity contribution >= 4 is 6.34 Å². The summed E-state index contributed by atoms with van der Waals surface area (Å²) in [6.45, 7) is 2.70. The molecule has 62 valence electrons. The fourth-order valence-electron chi connectivity index (χ4n) is 1.01. The van der Waals surface area contributed by atoms with Gasteiger partial charge in [-0.1, -0.05) is 6.92 Å². The summed E-state index contributed by atoms with van der Waals surface area (Å²) in [6.07, 6.45) is 3.62. The van der Waals surface area contributed by atoms with Crippen molar-refractivity contribution in [2.24, 2.45) is 5.10 Å². The quantitative estimate of drug-likeness (QED) is 0.549. The first kappa shape index (κ1) is 8.35. The van der Waals surface area contributed by atoms with Crippen LogP contribution < -0.4 is 0 Å². The van der Waals surface area contributed by atoms with E-state index < -0.39 is 6.17 Å². The fourth-order valence-corrected chi connectivity index (χ4v) is 1.01. The molecule has 0 aliphatic carbocycles. The van der Waals surface area contributed by atoms with Crippen LogP contribution in [0.4, 0.5) is 0 Å². The predicted molar refractivity (Wildman–Crippen MR) is 42.3 cm³/mol. The van der Waals surface area contributed by atoms with E-state index in [9.17, 15) is 0 Å². The van der Waals surface area contributed by atoms with Crippen molar-refractivity contribution in [1.29, 1.82) is 10.5 Å². The van der Waals surface area contributed by atoms with Gasteiger partial charge in [-0.25, -0.2) is 4.90 Å². The van der Waals surface area contributed by atoms with Crippen LogP contribution in [0.15, 0.2) is 5.10 Å². The van der Waals surface area contributed by atoms with Gasteiger partial charge in [-0.2, -0.15) is 15.6 Å². The van der Waals surface area contributed by atoms with Gasteiger partial charge in [-0.15, -0.1) is 0 Å². The van der Waals surface area contributed by atoms with E-state index in [1.165, 1.54) is 11.2 Å². The minimum Gasteiger partial charge on any atom is -0.259 e. The Labute approximate surface area is 71.1 Å². The zero-order chi connectivity index (χ0) is 8.97. The third-order valence-electron chi connectivity index (χ3n) is 1.55. The molecule has 1 aliphatic heterocycles. The molecule has 1 heterocycles. The predicted octanol–water partition coefficient (Wildman–Crippen LogP) is 0.288. The van der Waals surface area contributed by atoms with Gasteiger partial charge < -0.3 is 0 Å². The molecule has 0 aromatic carbocycles. The summed E-state index contributed by atoms with van der Waals surface area (Å²) in [5.74, 6) is 0. The first-order chi connectivity index (χ1) is 5.83. The van der Waals surface area contributed by atoms with Crippen LogP contribution in [-0.2, 0) is 0 Å². The molecule has 12 heavy (non-hydrogen) atoms. The Kier molecular flexibility index (Phi) is 2.49. The highest BCUT2D eigenvalue weighted by molar-refractivity contribution is 5.60. The molecule has 1 aliphatic rings. The normalized spacial score (nSPS) is 20.8. The molecule has 1 atom stereocenters. The summed E-state index contributed by atoms with van der Waals surface area (Å²) in [5.41, 5.74) is 0. The highest BCUT2D eigenvalue weighted by Crippen LogP contribution is 2.10. The average Bonchev–Trinajstić information content (AvgIpc) is 2.47. The molecule has 0 bridgehead atoms. The van der Waals surface area contributed by atoms with Gasteiger partial charge in [0.2, 0.25) is 6.17 Å². The van der Waals surface area contributed by atoms with Crippen LogP contribution in [0.5, 0.6) is 0 Å². The maximum atomic E-state index is 8.70. The molecule has 0 fully saturated rings. The summed E-state index contributed by atoms with van der Waals surface area (Å²) in [5, 5.41) is 22.8. The Balaban J connectivity index is 2.65. The third kappa shape index (κ3) is 1.30. The van der Waals surface area contributed by atoms with Crippen molar-refractivity contribution in [2.75, 3.05) is 6.54 Å². The van der Waals surface area contributed by atoms with Crippen LogP contribution in [0.3, 0.4) is 0 Å². The topological polar surface area (TPSA) is 66.4 Å². The third-order valence-corrected chi connectivity index (χ3v) is 1.55. The zero-order valence-corrected chi connectivity index (χ0v) is 6.80. The van der Waals surface area contributed by atoms with E-state index in [1.807, 2.05) is 19.2 Å². The smallest absolute Gasteiger partial charge is 0.220 e. The van der Waals surface area contributed by atoms with E-state index in [0.717, 1.165) is 6.42 Å². The average molecular weight is 163 g/mol. The van der Waals surface area contributed by atoms with Crippen molar-refractivity contribution in [3.05, 3.63) is 0 Å². The Hall–Kier alpha value is -1.75. The minimum atomic E-state index is -0.546. The number of hydrazone groups is 1. The lowest BCUT2D eigenvalue weighted by Crippen LogP contribution is -2.35. The van der Waals surface area contributed by atoms with E-state index in [2.05, 4.69) is 5.10 Å². The Morgan fingerprint density at radius 1 is 1.58 bits per heavy atom. The molecule has 1 unspecified atom stereocenters. The second kappa shape index (κ2) is 3.59. The molecule has 5 nitrogen and oxygen atoms in total. The highest BCUT2D eigenvalue weighted by Gasteiger charge is 2.26. The summed E-state index contributed by atoms with van der Waals surface area (Å²) in [6, 6.07) is 2.00. The van der Waals surface area contributed by atoms with Crippen molar-refractivity contribution in [2.45, 2.75) is 19.5 Å². The molecular weight excluding hydrogens is 154 g/mol. The van der Waals surface area contributed by atoms with Crippen LogP contribution in [-0.4, -0.2) is 29.0 Å². The molecule has 0 radical (unpaired) electrons. The Morgan fingerprint density at radius 2 is 2.33 bits per heavy atom. The van der Waals surface area contributed by atoms with Gasteiger partial charge in [0.05, 0.1) is 0 Å². The van der Waals surface area contributed by atoms with E-state index >= 15 is 0 Å². The number of nitrogens with zero attached hydrogens (tertiary/aromatic N) is 5. The minimum absolute atomic E-state index is 0.546. The van der Waals surface area contributed by atoms with Gasteiger partial charge in [-0.3, -0.25) is 5.01 Å². The van der Waals surface area contributed by atoms with E-state index in [-0.39, 0.29) is 0 Å². The first-order valence-electron chi connectivity index (χ1n) is 3.72. The van der Waals surface area contributed by atoms with E-state index in [0.29, 0.717) is 6.54 Å². The second-order valence-electron chi connectivity index (χ2n) is 2.40.